The first-order valence-electron chi connectivity index (χ1n) is 4.77. The molecule has 2 rings (SSSR count). The molecule has 1 heterocycles. The fourth-order valence-corrected chi connectivity index (χ4v) is 1.72. The molecule has 0 saturated carbocycles. The van der Waals surface area contributed by atoms with Crippen molar-refractivity contribution in [3.63, 3.8) is 0 Å². The Morgan fingerprint density at radius 1 is 1.42 bits per heavy atom. The Morgan fingerprint density at radius 2 is 2.25 bits per heavy atom. The molecule has 1 heteroatoms. The van der Waals surface area contributed by atoms with Crippen molar-refractivity contribution in [1.82, 2.24) is 0 Å². The second-order valence-electron chi connectivity index (χ2n) is 4.17. The maximum Gasteiger partial charge on any atom is 0.117 e. The number of ether oxygens (including phenoxy) is 1. The molecular weight excluding hydrogens is 148 g/mol. The summed E-state index contributed by atoms with van der Waals surface area (Å²) in [5, 5.41) is 0. The lowest BCUT2D eigenvalue weighted by molar-refractivity contribution is 0.313. The van der Waals surface area contributed by atoms with E-state index in [1.54, 1.807) is 0 Å². The van der Waals surface area contributed by atoms with Gasteiger partial charge in [-0.3, -0.25) is 0 Å². The fourth-order valence-electron chi connectivity index (χ4n) is 1.72. The molecule has 1 aliphatic heterocycles. The molecule has 0 bridgehead atoms. The van der Waals surface area contributed by atoms with Crippen LogP contribution in [0.4, 0.5) is 0 Å². The standard InChI is InChI=1S/C11H16O/c1-9(2)6-8-11-7-4-3-5-10(11)12-11/h3-5,7,9-10H,6,8H2,1-2H3. The molecule has 1 nitrogen and oxygen atoms in total. The fraction of sp³-hybridized carbons (Fsp3) is 0.636. The van der Waals surface area contributed by atoms with Crippen molar-refractivity contribution in [3.8, 4) is 0 Å². The largest absolute Gasteiger partial charge is 0.357 e. The minimum Gasteiger partial charge on any atom is -0.357 e. The summed E-state index contributed by atoms with van der Waals surface area (Å²) in [6.45, 7) is 4.52. The zero-order valence-corrected chi connectivity index (χ0v) is 7.79. The van der Waals surface area contributed by atoms with Crippen LogP contribution in [0.3, 0.4) is 0 Å². The van der Waals surface area contributed by atoms with Crippen LogP contribution in [0.15, 0.2) is 24.3 Å². The highest BCUT2D eigenvalue weighted by Gasteiger charge is 2.52. The molecule has 0 aromatic rings. The second-order valence-corrected chi connectivity index (χ2v) is 4.17. The van der Waals surface area contributed by atoms with Gasteiger partial charge < -0.3 is 4.74 Å². The Balaban J connectivity index is 1.90. The summed E-state index contributed by atoms with van der Waals surface area (Å²) in [5.41, 5.74) is 0.110. The van der Waals surface area contributed by atoms with Crippen LogP contribution >= 0.6 is 0 Å². The van der Waals surface area contributed by atoms with Gasteiger partial charge in [-0.05, 0) is 24.8 Å². The molecule has 1 aliphatic carbocycles. The Labute approximate surface area is 74.1 Å². The van der Waals surface area contributed by atoms with Crippen LogP contribution in [-0.4, -0.2) is 11.7 Å². The first-order chi connectivity index (χ1) is 5.73. The SMILES string of the molecule is CC(C)CCC12C=CC=CC1O2. The van der Waals surface area contributed by atoms with Gasteiger partial charge in [0.15, 0.2) is 0 Å². The van der Waals surface area contributed by atoms with E-state index >= 15 is 0 Å². The summed E-state index contributed by atoms with van der Waals surface area (Å²) in [4.78, 5) is 0. The third-order valence-electron chi connectivity index (χ3n) is 2.66. The minimum absolute atomic E-state index is 0.110. The van der Waals surface area contributed by atoms with Gasteiger partial charge in [0.05, 0.1) is 0 Å². The average molecular weight is 164 g/mol. The predicted molar refractivity (Wildman–Crippen MR) is 50.0 cm³/mol. The summed E-state index contributed by atoms with van der Waals surface area (Å²) < 4.78 is 5.64. The van der Waals surface area contributed by atoms with Crippen molar-refractivity contribution in [2.75, 3.05) is 0 Å². The van der Waals surface area contributed by atoms with E-state index in [2.05, 4.69) is 38.2 Å². The molecule has 2 aliphatic rings. The molecule has 2 unspecified atom stereocenters. The lowest BCUT2D eigenvalue weighted by Gasteiger charge is -2.10. The van der Waals surface area contributed by atoms with Crippen LogP contribution < -0.4 is 0 Å². The molecule has 0 aromatic heterocycles. The zero-order chi connectivity index (χ0) is 8.60. The zero-order valence-electron chi connectivity index (χ0n) is 7.79. The number of rotatable bonds is 3. The van der Waals surface area contributed by atoms with Crippen LogP contribution in [0.5, 0.6) is 0 Å². The summed E-state index contributed by atoms with van der Waals surface area (Å²) in [6.07, 6.45) is 11.4. The monoisotopic (exact) mass is 164 g/mol. The molecule has 0 radical (unpaired) electrons. The second kappa shape index (κ2) is 2.74. The highest BCUT2D eigenvalue weighted by Crippen LogP contribution is 2.45. The highest BCUT2D eigenvalue weighted by atomic mass is 16.6. The van der Waals surface area contributed by atoms with Gasteiger partial charge in [0.25, 0.3) is 0 Å². The topological polar surface area (TPSA) is 12.5 Å². The van der Waals surface area contributed by atoms with Crippen LogP contribution in [0.2, 0.25) is 0 Å². The molecule has 0 N–H and O–H groups in total. The molecule has 12 heavy (non-hydrogen) atoms. The first kappa shape index (κ1) is 8.06. The van der Waals surface area contributed by atoms with Crippen LogP contribution in [0.1, 0.15) is 26.7 Å². The van der Waals surface area contributed by atoms with Crippen molar-refractivity contribution in [2.45, 2.75) is 38.4 Å². The molecule has 2 atom stereocenters. The van der Waals surface area contributed by atoms with Crippen molar-refractivity contribution in [1.29, 1.82) is 0 Å². The molecule has 0 spiro atoms. The number of epoxide rings is 1. The van der Waals surface area contributed by atoms with Crippen molar-refractivity contribution < 1.29 is 4.74 Å². The number of hydrogen-bond donors (Lipinski definition) is 0. The van der Waals surface area contributed by atoms with E-state index in [9.17, 15) is 0 Å². The Hall–Kier alpha value is -0.560. The maximum absolute atomic E-state index is 5.64. The first-order valence-corrected chi connectivity index (χ1v) is 4.77. The van der Waals surface area contributed by atoms with Gasteiger partial charge in [-0.15, -0.1) is 0 Å². The highest BCUT2D eigenvalue weighted by molar-refractivity contribution is 5.31. The summed E-state index contributed by atoms with van der Waals surface area (Å²) in [7, 11) is 0. The van der Waals surface area contributed by atoms with E-state index in [4.69, 9.17) is 4.74 Å². The van der Waals surface area contributed by atoms with Gasteiger partial charge >= 0.3 is 0 Å². The van der Waals surface area contributed by atoms with Gasteiger partial charge in [-0.1, -0.05) is 32.1 Å². The van der Waals surface area contributed by atoms with E-state index in [0.29, 0.717) is 6.10 Å². The smallest absolute Gasteiger partial charge is 0.117 e. The molecular formula is C11H16O. The van der Waals surface area contributed by atoms with Crippen molar-refractivity contribution in [2.24, 2.45) is 5.92 Å². The molecule has 0 amide bonds. The van der Waals surface area contributed by atoms with Gasteiger partial charge in [-0.2, -0.15) is 0 Å². The summed E-state index contributed by atoms with van der Waals surface area (Å²) in [6, 6.07) is 0. The lowest BCUT2D eigenvalue weighted by atomic mass is 9.92. The normalized spacial score (nSPS) is 37.1. The minimum atomic E-state index is 0.110. The number of hydrogen-bond acceptors (Lipinski definition) is 1. The van der Waals surface area contributed by atoms with Gasteiger partial charge in [0.2, 0.25) is 0 Å². The van der Waals surface area contributed by atoms with E-state index in [0.717, 1.165) is 5.92 Å². The molecule has 1 saturated heterocycles. The Morgan fingerprint density at radius 3 is 2.92 bits per heavy atom. The summed E-state index contributed by atoms with van der Waals surface area (Å²) >= 11 is 0. The van der Waals surface area contributed by atoms with E-state index in [1.165, 1.54) is 12.8 Å². The Bertz CT molecular complexity index is 227. The predicted octanol–water partition coefficient (Wildman–Crippen LogP) is 2.69. The third kappa shape index (κ3) is 1.34. The van der Waals surface area contributed by atoms with Crippen LogP contribution in [-0.2, 0) is 4.74 Å². The molecule has 66 valence electrons. The van der Waals surface area contributed by atoms with E-state index < -0.39 is 0 Å². The van der Waals surface area contributed by atoms with Crippen LogP contribution in [0, 0.1) is 5.92 Å². The number of fused-ring (bicyclic) bond motifs is 1. The van der Waals surface area contributed by atoms with E-state index in [1.807, 2.05) is 0 Å². The van der Waals surface area contributed by atoms with Gasteiger partial charge in [0.1, 0.15) is 11.7 Å². The van der Waals surface area contributed by atoms with Crippen molar-refractivity contribution in [3.05, 3.63) is 24.3 Å². The average Bonchev–Trinajstić information content (AvgIpc) is 2.75. The van der Waals surface area contributed by atoms with Crippen LogP contribution in [0.25, 0.3) is 0 Å². The number of allylic oxidation sites excluding steroid dienone is 2. The van der Waals surface area contributed by atoms with Gasteiger partial charge in [-0.25, -0.2) is 0 Å². The lowest BCUT2D eigenvalue weighted by Crippen LogP contribution is -2.13. The molecule has 0 aromatic carbocycles. The molecule has 1 fully saturated rings. The quantitative estimate of drug-likeness (QED) is 0.584. The maximum atomic E-state index is 5.64. The van der Waals surface area contributed by atoms with Gasteiger partial charge in [0, 0.05) is 0 Å². The van der Waals surface area contributed by atoms with E-state index in [-0.39, 0.29) is 5.60 Å². The third-order valence-corrected chi connectivity index (χ3v) is 2.66. The Kier molecular flexibility index (Phi) is 1.84. The van der Waals surface area contributed by atoms with Crippen molar-refractivity contribution >= 4 is 0 Å². The summed E-state index contributed by atoms with van der Waals surface area (Å²) in [5.74, 6) is 0.781.